The molecule has 0 aromatic heterocycles. The minimum absolute atomic E-state index is 0. The van der Waals surface area contributed by atoms with E-state index in [-0.39, 0.29) is 40.7 Å². The fourth-order valence-electron chi connectivity index (χ4n) is 3.11. The standard InChI is InChI=1S/C16H23BrN2O2.Na/c1-2-16(6-4-3-5-7-16)19-10-12-8-11(15(20)21)9-13(17)14(12)18;/h8-9,19H,2-7,10,18H2,1H3,(H,20,21);/q;+1/p-1. The van der Waals surface area contributed by atoms with Gasteiger partial charge in [-0.3, -0.25) is 0 Å². The quantitative estimate of drug-likeness (QED) is 0.541. The van der Waals surface area contributed by atoms with Crippen LogP contribution in [0, 0.1) is 0 Å². The summed E-state index contributed by atoms with van der Waals surface area (Å²) < 4.78 is 0.607. The molecule has 0 heterocycles. The van der Waals surface area contributed by atoms with Gasteiger partial charge in [-0.15, -0.1) is 0 Å². The molecule has 1 fully saturated rings. The summed E-state index contributed by atoms with van der Waals surface area (Å²) in [5.41, 5.74) is 7.77. The SMILES string of the molecule is CCC1(NCc2cc(C(=O)[O-])cc(Br)c2N)CCCCC1.[Na+]. The van der Waals surface area contributed by atoms with Gasteiger partial charge in [0.05, 0.1) is 11.7 Å². The van der Waals surface area contributed by atoms with Crippen molar-refractivity contribution in [1.29, 1.82) is 0 Å². The molecule has 4 nitrogen and oxygen atoms in total. The van der Waals surface area contributed by atoms with Gasteiger partial charge < -0.3 is 21.0 Å². The molecule has 1 aromatic carbocycles. The zero-order chi connectivity index (χ0) is 15.5. The summed E-state index contributed by atoms with van der Waals surface area (Å²) in [6.07, 6.45) is 7.22. The molecule has 1 aliphatic rings. The van der Waals surface area contributed by atoms with Crippen molar-refractivity contribution >= 4 is 27.6 Å². The molecule has 1 aliphatic carbocycles. The molecule has 0 aliphatic heterocycles. The number of hydrogen-bond donors (Lipinski definition) is 2. The number of nitrogen functional groups attached to an aromatic ring is 1. The second-order valence-corrected chi connectivity index (χ2v) is 6.72. The van der Waals surface area contributed by atoms with Crippen molar-refractivity contribution in [2.75, 3.05) is 5.73 Å². The molecular weight excluding hydrogens is 355 g/mol. The fraction of sp³-hybridized carbons (Fsp3) is 0.562. The van der Waals surface area contributed by atoms with Crippen LogP contribution in [0.15, 0.2) is 16.6 Å². The van der Waals surface area contributed by atoms with Gasteiger partial charge in [-0.1, -0.05) is 26.2 Å². The molecule has 6 heteroatoms. The largest absolute Gasteiger partial charge is 1.00 e. The van der Waals surface area contributed by atoms with Crippen LogP contribution in [0.25, 0.3) is 0 Å². The van der Waals surface area contributed by atoms with Crippen LogP contribution in [-0.4, -0.2) is 11.5 Å². The Balaban J connectivity index is 0.00000242. The molecule has 116 valence electrons. The average molecular weight is 377 g/mol. The summed E-state index contributed by atoms with van der Waals surface area (Å²) in [7, 11) is 0. The Bertz CT molecular complexity index is 531. The second kappa shape index (κ2) is 8.69. The second-order valence-electron chi connectivity index (χ2n) is 5.87. The van der Waals surface area contributed by atoms with Crippen LogP contribution in [0.1, 0.15) is 61.4 Å². The summed E-state index contributed by atoms with van der Waals surface area (Å²) in [6, 6.07) is 3.10. The molecule has 1 saturated carbocycles. The first-order valence-corrected chi connectivity index (χ1v) is 8.31. The van der Waals surface area contributed by atoms with Gasteiger partial charge in [0.1, 0.15) is 0 Å². The summed E-state index contributed by atoms with van der Waals surface area (Å²) in [5, 5.41) is 14.7. The van der Waals surface area contributed by atoms with E-state index in [1.165, 1.54) is 38.2 Å². The molecule has 1 aromatic rings. The Hall–Kier alpha value is -0.0700. The van der Waals surface area contributed by atoms with Crippen molar-refractivity contribution in [2.24, 2.45) is 0 Å². The van der Waals surface area contributed by atoms with Crippen LogP contribution >= 0.6 is 15.9 Å². The maximum atomic E-state index is 11.0. The van der Waals surface area contributed by atoms with Gasteiger partial charge in [0.2, 0.25) is 0 Å². The maximum Gasteiger partial charge on any atom is 1.00 e. The van der Waals surface area contributed by atoms with Gasteiger partial charge in [0, 0.05) is 16.6 Å². The number of nitrogens with two attached hydrogens (primary N) is 1. The van der Waals surface area contributed by atoms with Crippen LogP contribution in [0.2, 0.25) is 0 Å². The number of carbonyl (C=O) groups excluding carboxylic acids is 1. The first-order chi connectivity index (χ1) is 9.97. The first kappa shape index (κ1) is 20.0. The predicted molar refractivity (Wildman–Crippen MR) is 85.8 cm³/mol. The molecule has 2 rings (SSSR count). The average Bonchev–Trinajstić information content (AvgIpc) is 2.49. The van der Waals surface area contributed by atoms with Crippen molar-refractivity contribution in [2.45, 2.75) is 57.5 Å². The van der Waals surface area contributed by atoms with Gasteiger partial charge in [-0.2, -0.15) is 0 Å². The molecular formula is C16H22BrN2NaO2. The number of rotatable bonds is 5. The number of anilines is 1. The molecule has 0 unspecified atom stereocenters. The van der Waals surface area contributed by atoms with Crippen molar-refractivity contribution in [3.63, 3.8) is 0 Å². The van der Waals surface area contributed by atoms with E-state index in [0.717, 1.165) is 12.0 Å². The van der Waals surface area contributed by atoms with Crippen molar-refractivity contribution < 1.29 is 39.5 Å². The molecule has 22 heavy (non-hydrogen) atoms. The van der Waals surface area contributed by atoms with E-state index in [9.17, 15) is 9.90 Å². The van der Waals surface area contributed by atoms with Crippen LogP contribution in [0.4, 0.5) is 5.69 Å². The van der Waals surface area contributed by atoms with E-state index < -0.39 is 5.97 Å². The molecule has 3 N–H and O–H groups in total. The number of carboxylic acids is 1. The van der Waals surface area contributed by atoms with Crippen molar-refractivity contribution in [1.82, 2.24) is 5.32 Å². The zero-order valence-corrected chi connectivity index (χ0v) is 17.0. The maximum absolute atomic E-state index is 11.0. The molecule has 0 amide bonds. The molecule has 0 bridgehead atoms. The molecule has 0 radical (unpaired) electrons. The summed E-state index contributed by atoms with van der Waals surface area (Å²) in [4.78, 5) is 11.0. The van der Waals surface area contributed by atoms with E-state index >= 15 is 0 Å². The van der Waals surface area contributed by atoms with Gasteiger partial charge in [0.15, 0.2) is 0 Å². The Morgan fingerprint density at radius 2 is 2.00 bits per heavy atom. The van der Waals surface area contributed by atoms with Gasteiger partial charge in [0.25, 0.3) is 0 Å². The Morgan fingerprint density at radius 3 is 2.55 bits per heavy atom. The summed E-state index contributed by atoms with van der Waals surface area (Å²) in [6.45, 7) is 2.79. The summed E-state index contributed by atoms with van der Waals surface area (Å²) >= 11 is 3.32. The van der Waals surface area contributed by atoms with Crippen LogP contribution in [0.5, 0.6) is 0 Å². The third kappa shape index (κ3) is 4.71. The van der Waals surface area contributed by atoms with Crippen LogP contribution in [-0.2, 0) is 6.54 Å². The zero-order valence-electron chi connectivity index (χ0n) is 13.4. The number of aromatic carboxylic acids is 1. The molecule has 0 saturated heterocycles. The van der Waals surface area contributed by atoms with Crippen molar-refractivity contribution in [3.8, 4) is 0 Å². The number of carbonyl (C=O) groups is 1. The first-order valence-electron chi connectivity index (χ1n) is 7.52. The number of nitrogens with one attached hydrogen (secondary N) is 1. The van der Waals surface area contributed by atoms with E-state index in [0.29, 0.717) is 16.7 Å². The Kier molecular flexibility index (Phi) is 7.89. The molecule has 0 atom stereocenters. The number of benzene rings is 1. The number of halogens is 1. The monoisotopic (exact) mass is 376 g/mol. The van der Waals surface area contributed by atoms with E-state index in [1.54, 1.807) is 6.07 Å². The third-order valence-corrected chi connectivity index (χ3v) is 5.25. The normalized spacial score (nSPS) is 16.8. The van der Waals surface area contributed by atoms with Crippen LogP contribution < -0.4 is 45.7 Å². The van der Waals surface area contributed by atoms with Crippen LogP contribution in [0.3, 0.4) is 0 Å². The van der Waals surface area contributed by atoms with E-state index in [4.69, 9.17) is 5.73 Å². The van der Waals surface area contributed by atoms with Gasteiger partial charge in [-0.25, -0.2) is 0 Å². The van der Waals surface area contributed by atoms with E-state index in [2.05, 4.69) is 28.2 Å². The Morgan fingerprint density at radius 1 is 1.36 bits per heavy atom. The van der Waals surface area contributed by atoms with Gasteiger partial charge in [-0.05, 0) is 58.5 Å². The van der Waals surface area contributed by atoms with E-state index in [1.807, 2.05) is 0 Å². The molecule has 0 spiro atoms. The number of hydrogen-bond acceptors (Lipinski definition) is 4. The minimum atomic E-state index is -1.18. The third-order valence-electron chi connectivity index (χ3n) is 4.59. The fourth-order valence-corrected chi connectivity index (χ4v) is 3.61. The number of carboxylic acid groups (broad SMARTS) is 1. The van der Waals surface area contributed by atoms with Crippen molar-refractivity contribution in [3.05, 3.63) is 27.7 Å². The Labute approximate surface area is 162 Å². The van der Waals surface area contributed by atoms with Gasteiger partial charge >= 0.3 is 29.6 Å². The predicted octanol–water partition coefficient (Wildman–Crippen LogP) is -0.399. The topological polar surface area (TPSA) is 78.2 Å². The minimum Gasteiger partial charge on any atom is -0.545 e. The smallest absolute Gasteiger partial charge is 0.545 e. The summed E-state index contributed by atoms with van der Waals surface area (Å²) in [5.74, 6) is -1.18.